The van der Waals surface area contributed by atoms with Crippen LogP contribution < -0.4 is 10.6 Å². The first-order chi connectivity index (χ1) is 10.0. The second-order valence-corrected chi connectivity index (χ2v) is 7.33. The number of thiocarbonyl (C=S) groups is 1. The normalized spacial score (nSPS) is 22.4. The first-order valence-electron chi connectivity index (χ1n) is 7.57. The molecule has 1 aromatic heterocycles. The third kappa shape index (κ3) is 3.16. The van der Waals surface area contributed by atoms with Crippen LogP contribution in [0.1, 0.15) is 44.5 Å². The molecule has 0 aromatic carbocycles. The van der Waals surface area contributed by atoms with E-state index in [2.05, 4.69) is 42.8 Å². The fourth-order valence-corrected chi connectivity index (χ4v) is 4.17. The summed E-state index contributed by atoms with van der Waals surface area (Å²) < 4.78 is 0. The van der Waals surface area contributed by atoms with Gasteiger partial charge < -0.3 is 10.6 Å². The van der Waals surface area contributed by atoms with Gasteiger partial charge in [0, 0.05) is 23.6 Å². The van der Waals surface area contributed by atoms with Gasteiger partial charge >= 0.3 is 0 Å². The molecule has 0 amide bonds. The van der Waals surface area contributed by atoms with Crippen LogP contribution in [-0.2, 0) is 12.8 Å². The van der Waals surface area contributed by atoms with Gasteiger partial charge in [-0.15, -0.1) is 5.10 Å². The van der Waals surface area contributed by atoms with E-state index in [1.807, 2.05) is 11.8 Å². The Balaban J connectivity index is 2.55. The van der Waals surface area contributed by atoms with Gasteiger partial charge in [0.1, 0.15) is 4.99 Å². The SMILES string of the molecule is CCc1nnc(N2CCSC(C)C2C)c(C(N)=S)c1CC. The van der Waals surface area contributed by atoms with Crippen molar-refractivity contribution < 1.29 is 0 Å². The highest BCUT2D eigenvalue weighted by molar-refractivity contribution is 8.00. The fraction of sp³-hybridized carbons (Fsp3) is 0.667. The summed E-state index contributed by atoms with van der Waals surface area (Å²) in [6, 6.07) is 0.406. The molecule has 6 heteroatoms. The molecule has 2 N–H and O–H groups in total. The summed E-state index contributed by atoms with van der Waals surface area (Å²) in [5.74, 6) is 1.97. The van der Waals surface area contributed by atoms with E-state index in [1.165, 1.54) is 0 Å². The molecule has 2 unspecified atom stereocenters. The van der Waals surface area contributed by atoms with Crippen LogP contribution in [0.3, 0.4) is 0 Å². The second kappa shape index (κ2) is 6.92. The maximum Gasteiger partial charge on any atom is 0.162 e. The van der Waals surface area contributed by atoms with Gasteiger partial charge in [0.05, 0.1) is 11.3 Å². The molecule has 4 nitrogen and oxygen atoms in total. The standard InChI is InChI=1S/C15H24N4S2/c1-5-11-12(6-2)17-18-15(13(11)14(16)20)19-7-8-21-10(4)9(19)3/h9-10H,5-8H2,1-4H3,(H2,16,20). The second-order valence-electron chi connectivity index (χ2n) is 5.41. The molecular formula is C15H24N4S2. The van der Waals surface area contributed by atoms with Crippen LogP contribution in [0.15, 0.2) is 0 Å². The van der Waals surface area contributed by atoms with E-state index >= 15 is 0 Å². The fourth-order valence-electron chi connectivity index (χ4n) is 2.85. The van der Waals surface area contributed by atoms with Gasteiger partial charge in [-0.25, -0.2) is 0 Å². The first-order valence-corrected chi connectivity index (χ1v) is 9.03. The minimum atomic E-state index is 0.406. The van der Waals surface area contributed by atoms with Crippen molar-refractivity contribution in [2.75, 3.05) is 17.2 Å². The summed E-state index contributed by atoms with van der Waals surface area (Å²) in [6.07, 6.45) is 1.73. The van der Waals surface area contributed by atoms with Crippen LogP contribution >= 0.6 is 24.0 Å². The van der Waals surface area contributed by atoms with Gasteiger partial charge in [0.25, 0.3) is 0 Å². The van der Waals surface area contributed by atoms with E-state index in [0.717, 1.165) is 47.8 Å². The van der Waals surface area contributed by atoms with E-state index in [0.29, 0.717) is 16.3 Å². The van der Waals surface area contributed by atoms with Gasteiger partial charge in [-0.2, -0.15) is 16.9 Å². The summed E-state index contributed by atoms with van der Waals surface area (Å²) >= 11 is 7.33. The van der Waals surface area contributed by atoms with Gasteiger partial charge in [-0.3, -0.25) is 0 Å². The van der Waals surface area contributed by atoms with E-state index in [-0.39, 0.29) is 0 Å². The summed E-state index contributed by atoms with van der Waals surface area (Å²) in [7, 11) is 0. The Hall–Kier alpha value is -0.880. The zero-order valence-corrected chi connectivity index (χ0v) is 14.9. The van der Waals surface area contributed by atoms with Gasteiger partial charge in [0.15, 0.2) is 5.82 Å². The minimum absolute atomic E-state index is 0.406. The van der Waals surface area contributed by atoms with Gasteiger partial charge in [-0.05, 0) is 25.3 Å². The summed E-state index contributed by atoms with van der Waals surface area (Å²) in [6.45, 7) is 9.68. The molecule has 1 fully saturated rings. The highest BCUT2D eigenvalue weighted by atomic mass is 32.2. The largest absolute Gasteiger partial charge is 0.389 e. The van der Waals surface area contributed by atoms with Crippen LogP contribution in [0.2, 0.25) is 0 Å². The van der Waals surface area contributed by atoms with Crippen LogP contribution in [-0.4, -0.2) is 38.8 Å². The molecule has 2 heterocycles. The molecule has 1 aromatic rings. The minimum Gasteiger partial charge on any atom is -0.389 e. The lowest BCUT2D eigenvalue weighted by atomic mass is 10.0. The monoisotopic (exact) mass is 324 g/mol. The van der Waals surface area contributed by atoms with Crippen molar-refractivity contribution in [3.8, 4) is 0 Å². The number of nitrogens with two attached hydrogens (primary N) is 1. The molecule has 0 aliphatic carbocycles. The maximum absolute atomic E-state index is 6.03. The number of thioether (sulfide) groups is 1. The molecule has 0 spiro atoms. The quantitative estimate of drug-likeness (QED) is 0.859. The number of aromatic nitrogens is 2. The lowest BCUT2D eigenvalue weighted by molar-refractivity contribution is 0.613. The van der Waals surface area contributed by atoms with Crippen molar-refractivity contribution in [2.24, 2.45) is 5.73 Å². The Kier molecular flexibility index (Phi) is 5.43. The van der Waals surface area contributed by atoms with E-state index in [4.69, 9.17) is 18.0 Å². The summed E-state index contributed by atoms with van der Waals surface area (Å²) in [5.41, 5.74) is 9.14. The number of rotatable bonds is 4. The lowest BCUT2D eigenvalue weighted by Crippen LogP contribution is -2.46. The van der Waals surface area contributed by atoms with Crippen molar-refractivity contribution >= 4 is 34.8 Å². The Labute approximate surface area is 136 Å². The van der Waals surface area contributed by atoms with Crippen molar-refractivity contribution in [2.45, 2.75) is 51.8 Å². The molecule has 0 saturated carbocycles. The molecule has 116 valence electrons. The molecule has 2 atom stereocenters. The average Bonchev–Trinajstić information content (AvgIpc) is 2.48. The molecule has 1 aliphatic heterocycles. The smallest absolute Gasteiger partial charge is 0.162 e. The van der Waals surface area contributed by atoms with Crippen molar-refractivity contribution in [1.82, 2.24) is 10.2 Å². The predicted octanol–water partition coefficient (Wildman–Crippen LogP) is 2.57. The number of nitrogens with zero attached hydrogens (tertiary/aromatic N) is 3. The number of anilines is 1. The van der Waals surface area contributed by atoms with Crippen LogP contribution in [0, 0.1) is 0 Å². The summed E-state index contributed by atoms with van der Waals surface area (Å²) in [4.78, 5) is 2.76. The first kappa shape index (κ1) is 16.5. The molecule has 0 radical (unpaired) electrons. The van der Waals surface area contributed by atoms with Crippen molar-refractivity contribution in [3.63, 3.8) is 0 Å². The van der Waals surface area contributed by atoms with Crippen LogP contribution in [0.4, 0.5) is 5.82 Å². The van der Waals surface area contributed by atoms with Crippen molar-refractivity contribution in [3.05, 3.63) is 16.8 Å². The number of hydrogen-bond acceptors (Lipinski definition) is 5. The zero-order valence-electron chi connectivity index (χ0n) is 13.2. The molecule has 0 bridgehead atoms. The molecule has 1 saturated heterocycles. The maximum atomic E-state index is 6.03. The van der Waals surface area contributed by atoms with Crippen LogP contribution in [0.5, 0.6) is 0 Å². The summed E-state index contributed by atoms with van der Waals surface area (Å²) in [5, 5.41) is 9.48. The molecular weight excluding hydrogens is 300 g/mol. The van der Waals surface area contributed by atoms with Gasteiger partial charge in [0.2, 0.25) is 0 Å². The van der Waals surface area contributed by atoms with Crippen LogP contribution in [0.25, 0.3) is 0 Å². The van der Waals surface area contributed by atoms with E-state index in [9.17, 15) is 0 Å². The zero-order chi connectivity index (χ0) is 15.6. The Morgan fingerprint density at radius 1 is 1.33 bits per heavy atom. The molecule has 2 rings (SSSR count). The van der Waals surface area contributed by atoms with Crippen molar-refractivity contribution in [1.29, 1.82) is 0 Å². The molecule has 21 heavy (non-hydrogen) atoms. The Bertz CT molecular complexity index is 533. The third-order valence-electron chi connectivity index (χ3n) is 4.23. The Morgan fingerprint density at radius 3 is 2.62 bits per heavy atom. The van der Waals surface area contributed by atoms with E-state index in [1.54, 1.807) is 0 Å². The lowest BCUT2D eigenvalue weighted by Gasteiger charge is -2.39. The number of aryl methyl sites for hydroxylation is 1. The topological polar surface area (TPSA) is 55.0 Å². The predicted molar refractivity (Wildman–Crippen MR) is 95.4 cm³/mol. The Morgan fingerprint density at radius 2 is 2.05 bits per heavy atom. The van der Waals surface area contributed by atoms with Gasteiger partial charge in [-0.1, -0.05) is 33.0 Å². The molecule has 1 aliphatic rings. The number of hydrogen-bond donors (Lipinski definition) is 1. The average molecular weight is 325 g/mol. The third-order valence-corrected chi connectivity index (χ3v) is 5.77. The highest BCUT2D eigenvalue weighted by Crippen LogP contribution is 2.31. The van der Waals surface area contributed by atoms with E-state index < -0.39 is 0 Å². The highest BCUT2D eigenvalue weighted by Gasteiger charge is 2.30.